The average molecular weight is 357 g/mol. The van der Waals surface area contributed by atoms with E-state index < -0.39 is 26.7 Å². The summed E-state index contributed by atoms with van der Waals surface area (Å²) in [5.74, 6) is -1.27. The van der Waals surface area contributed by atoms with Crippen LogP contribution in [0.5, 0.6) is 0 Å². The lowest BCUT2D eigenvalue weighted by molar-refractivity contribution is 0.440. The van der Waals surface area contributed by atoms with E-state index in [-0.39, 0.29) is 28.4 Å². The fraction of sp³-hybridized carbons (Fsp3) is 0.294. The number of hydrogen-bond acceptors (Lipinski definition) is 2. The first-order valence-electron chi connectivity index (χ1n) is 7.27. The SMILES string of the molecule is CC1Cc2c(F)ccc(F)c2C(S(=O)(=O)c2ccc(Cl)cc2)C1. The Balaban J connectivity index is 2.18. The fourth-order valence-corrected chi connectivity index (χ4v) is 5.27. The Morgan fingerprint density at radius 1 is 1.04 bits per heavy atom. The molecule has 0 saturated heterocycles. The van der Waals surface area contributed by atoms with Gasteiger partial charge in [0.1, 0.15) is 11.6 Å². The van der Waals surface area contributed by atoms with Gasteiger partial charge in [-0.05, 0) is 60.7 Å². The summed E-state index contributed by atoms with van der Waals surface area (Å²) in [4.78, 5) is 0.0654. The minimum absolute atomic E-state index is 0.0296. The van der Waals surface area contributed by atoms with Gasteiger partial charge in [-0.1, -0.05) is 18.5 Å². The second-order valence-electron chi connectivity index (χ2n) is 5.95. The first-order valence-corrected chi connectivity index (χ1v) is 9.19. The van der Waals surface area contributed by atoms with Crippen molar-refractivity contribution >= 4 is 21.4 Å². The summed E-state index contributed by atoms with van der Waals surface area (Å²) in [5.41, 5.74) is 0.143. The molecule has 2 nitrogen and oxygen atoms in total. The maximum absolute atomic E-state index is 14.3. The molecule has 0 fully saturated rings. The molecule has 1 aliphatic carbocycles. The smallest absolute Gasteiger partial charge is 0.185 e. The van der Waals surface area contributed by atoms with Gasteiger partial charge in [-0.3, -0.25) is 0 Å². The van der Waals surface area contributed by atoms with Crippen molar-refractivity contribution in [1.82, 2.24) is 0 Å². The quantitative estimate of drug-likeness (QED) is 0.780. The predicted molar refractivity (Wildman–Crippen MR) is 85.2 cm³/mol. The van der Waals surface area contributed by atoms with Gasteiger partial charge in [0.05, 0.1) is 10.1 Å². The van der Waals surface area contributed by atoms with Crippen LogP contribution in [0.15, 0.2) is 41.3 Å². The van der Waals surface area contributed by atoms with E-state index in [4.69, 9.17) is 11.6 Å². The number of hydrogen-bond donors (Lipinski definition) is 0. The molecule has 2 atom stereocenters. The minimum Gasteiger partial charge on any atom is -0.223 e. The van der Waals surface area contributed by atoms with Crippen molar-refractivity contribution < 1.29 is 17.2 Å². The molecule has 2 aromatic rings. The zero-order valence-electron chi connectivity index (χ0n) is 12.4. The second kappa shape index (κ2) is 5.87. The van der Waals surface area contributed by atoms with E-state index in [1.807, 2.05) is 6.92 Å². The van der Waals surface area contributed by atoms with Crippen molar-refractivity contribution in [2.75, 3.05) is 0 Å². The maximum Gasteiger partial charge on any atom is 0.185 e. The number of benzene rings is 2. The molecular formula is C17H15ClF2O2S. The van der Waals surface area contributed by atoms with Crippen molar-refractivity contribution in [2.45, 2.75) is 29.9 Å². The monoisotopic (exact) mass is 356 g/mol. The Morgan fingerprint density at radius 3 is 2.30 bits per heavy atom. The molecule has 6 heteroatoms. The standard InChI is InChI=1S/C17H15ClF2O2S/c1-10-8-13-14(19)6-7-15(20)17(13)16(9-10)23(21,22)12-4-2-11(18)3-5-12/h2-7,10,16H,8-9H2,1H3. The van der Waals surface area contributed by atoms with Gasteiger partial charge >= 0.3 is 0 Å². The Kier molecular flexibility index (Phi) is 4.19. The summed E-state index contributed by atoms with van der Waals surface area (Å²) in [6.07, 6.45) is 0.601. The van der Waals surface area contributed by atoms with Crippen molar-refractivity contribution in [2.24, 2.45) is 5.92 Å². The summed E-state index contributed by atoms with van der Waals surface area (Å²) in [7, 11) is -3.83. The highest BCUT2D eigenvalue weighted by atomic mass is 35.5. The predicted octanol–water partition coefficient (Wildman–Crippen LogP) is 4.72. The summed E-state index contributed by atoms with van der Waals surface area (Å²) < 4.78 is 54.2. The van der Waals surface area contributed by atoms with Gasteiger partial charge in [0.2, 0.25) is 0 Å². The van der Waals surface area contributed by atoms with E-state index >= 15 is 0 Å². The van der Waals surface area contributed by atoms with E-state index in [2.05, 4.69) is 0 Å². The van der Waals surface area contributed by atoms with E-state index in [9.17, 15) is 17.2 Å². The van der Waals surface area contributed by atoms with E-state index in [0.717, 1.165) is 12.1 Å². The molecule has 0 spiro atoms. The van der Waals surface area contributed by atoms with Crippen LogP contribution in [0, 0.1) is 17.6 Å². The summed E-state index contributed by atoms with van der Waals surface area (Å²) in [6.45, 7) is 1.84. The van der Waals surface area contributed by atoms with Gasteiger partial charge in [0, 0.05) is 10.6 Å². The van der Waals surface area contributed by atoms with Crippen LogP contribution in [-0.2, 0) is 16.3 Å². The molecule has 0 bridgehead atoms. The second-order valence-corrected chi connectivity index (χ2v) is 8.52. The molecule has 2 unspecified atom stereocenters. The molecule has 122 valence electrons. The van der Waals surface area contributed by atoms with Gasteiger partial charge in [-0.15, -0.1) is 0 Å². The Labute approximate surface area is 139 Å². The van der Waals surface area contributed by atoms with E-state index in [0.29, 0.717) is 11.4 Å². The molecule has 23 heavy (non-hydrogen) atoms. The molecule has 0 radical (unpaired) electrons. The number of sulfone groups is 1. The van der Waals surface area contributed by atoms with Crippen molar-refractivity contribution in [3.63, 3.8) is 0 Å². The minimum atomic E-state index is -3.83. The number of halogens is 3. The van der Waals surface area contributed by atoms with E-state index in [1.165, 1.54) is 24.3 Å². The van der Waals surface area contributed by atoms with Crippen molar-refractivity contribution in [1.29, 1.82) is 0 Å². The molecule has 0 saturated carbocycles. The molecular weight excluding hydrogens is 342 g/mol. The van der Waals surface area contributed by atoms with E-state index in [1.54, 1.807) is 0 Å². The highest BCUT2D eigenvalue weighted by Gasteiger charge is 2.38. The van der Waals surface area contributed by atoms with Gasteiger partial charge in [-0.25, -0.2) is 17.2 Å². The molecule has 0 heterocycles. The molecule has 2 aromatic carbocycles. The van der Waals surface area contributed by atoms with Crippen LogP contribution >= 0.6 is 11.6 Å². The number of rotatable bonds is 2. The summed E-state index contributed by atoms with van der Waals surface area (Å²) >= 11 is 5.79. The largest absolute Gasteiger partial charge is 0.223 e. The third-order valence-electron chi connectivity index (χ3n) is 4.25. The maximum atomic E-state index is 14.3. The Hall–Kier alpha value is -1.46. The first-order chi connectivity index (χ1) is 10.8. The number of fused-ring (bicyclic) bond motifs is 1. The van der Waals surface area contributed by atoms with Crippen molar-refractivity contribution in [3.05, 3.63) is 64.2 Å². The van der Waals surface area contributed by atoms with Crippen LogP contribution in [0.4, 0.5) is 8.78 Å². The summed E-state index contributed by atoms with van der Waals surface area (Å²) in [5, 5.41) is -0.670. The highest BCUT2D eigenvalue weighted by Crippen LogP contribution is 2.43. The molecule has 1 aliphatic rings. The Bertz CT molecular complexity index is 848. The third kappa shape index (κ3) is 2.88. The third-order valence-corrected chi connectivity index (χ3v) is 6.61. The molecule has 0 aromatic heterocycles. The van der Waals surface area contributed by atoms with Gasteiger partial charge in [-0.2, -0.15) is 0 Å². The normalized spacial score (nSPS) is 21.0. The van der Waals surface area contributed by atoms with Gasteiger partial charge in [0.25, 0.3) is 0 Å². The van der Waals surface area contributed by atoms with Crippen LogP contribution in [0.1, 0.15) is 29.7 Å². The lowest BCUT2D eigenvalue weighted by atomic mass is 9.84. The molecule has 0 amide bonds. The molecule has 3 rings (SSSR count). The lowest BCUT2D eigenvalue weighted by Gasteiger charge is -2.30. The fourth-order valence-electron chi connectivity index (χ4n) is 3.15. The Morgan fingerprint density at radius 2 is 1.65 bits per heavy atom. The van der Waals surface area contributed by atoms with Gasteiger partial charge < -0.3 is 0 Å². The summed E-state index contributed by atoms with van der Waals surface area (Å²) in [6, 6.07) is 7.79. The van der Waals surface area contributed by atoms with Crippen LogP contribution in [0.2, 0.25) is 5.02 Å². The highest BCUT2D eigenvalue weighted by molar-refractivity contribution is 7.91. The zero-order chi connectivity index (χ0) is 16.8. The molecule has 0 aliphatic heterocycles. The first kappa shape index (κ1) is 16.4. The van der Waals surface area contributed by atoms with Crippen LogP contribution in [0.3, 0.4) is 0 Å². The average Bonchev–Trinajstić information content (AvgIpc) is 2.51. The lowest BCUT2D eigenvalue weighted by Crippen LogP contribution is -2.25. The van der Waals surface area contributed by atoms with Crippen molar-refractivity contribution in [3.8, 4) is 0 Å². The van der Waals surface area contributed by atoms with Crippen LogP contribution in [-0.4, -0.2) is 8.42 Å². The van der Waals surface area contributed by atoms with Gasteiger partial charge in [0.15, 0.2) is 9.84 Å². The molecule has 0 N–H and O–H groups in total. The zero-order valence-corrected chi connectivity index (χ0v) is 14.0. The van der Waals surface area contributed by atoms with Crippen LogP contribution in [0.25, 0.3) is 0 Å². The van der Waals surface area contributed by atoms with Crippen LogP contribution < -0.4 is 0 Å². The topological polar surface area (TPSA) is 34.1 Å².